The third-order valence-electron chi connectivity index (χ3n) is 2.37. The normalized spacial score (nSPS) is 10.3. The highest BCUT2D eigenvalue weighted by atomic mass is 16.5. The monoisotopic (exact) mass is 248 g/mol. The molecule has 0 bridgehead atoms. The van der Waals surface area contributed by atoms with E-state index in [0.29, 0.717) is 24.7 Å². The van der Waals surface area contributed by atoms with Crippen LogP contribution in [0.2, 0.25) is 0 Å². The summed E-state index contributed by atoms with van der Waals surface area (Å²) in [7, 11) is 0. The van der Waals surface area contributed by atoms with Gasteiger partial charge in [-0.05, 0) is 26.0 Å². The van der Waals surface area contributed by atoms with E-state index in [1.807, 2.05) is 32.0 Å². The molecule has 2 aromatic rings. The molecule has 1 heterocycles. The minimum absolute atomic E-state index is 0.279. The number of ether oxygens (including phenoxy) is 2. The van der Waals surface area contributed by atoms with E-state index < -0.39 is 0 Å². The van der Waals surface area contributed by atoms with Crippen molar-refractivity contribution in [3.63, 3.8) is 0 Å². The molecular formula is C13H16N2O3. The Bertz CT molecular complexity index is 523. The molecule has 2 N–H and O–H groups in total. The Kier molecular flexibility index (Phi) is 3.72. The van der Waals surface area contributed by atoms with E-state index in [1.54, 1.807) is 6.07 Å². The van der Waals surface area contributed by atoms with Crippen LogP contribution in [0.3, 0.4) is 0 Å². The molecule has 0 amide bonds. The summed E-state index contributed by atoms with van der Waals surface area (Å²) in [4.78, 5) is 0. The third-order valence-corrected chi connectivity index (χ3v) is 2.37. The Balaban J connectivity index is 2.39. The molecule has 96 valence electrons. The zero-order chi connectivity index (χ0) is 13.0. The summed E-state index contributed by atoms with van der Waals surface area (Å²) in [5.74, 6) is 1.75. The number of rotatable bonds is 5. The summed E-state index contributed by atoms with van der Waals surface area (Å²) in [5.41, 5.74) is 7.01. The lowest BCUT2D eigenvalue weighted by Crippen LogP contribution is -1.97. The summed E-state index contributed by atoms with van der Waals surface area (Å²) >= 11 is 0. The third kappa shape index (κ3) is 2.56. The van der Waals surface area contributed by atoms with Crippen molar-refractivity contribution in [3.05, 3.63) is 24.3 Å². The van der Waals surface area contributed by atoms with Gasteiger partial charge in [0.15, 0.2) is 0 Å². The molecule has 5 heteroatoms. The average Bonchev–Trinajstić information content (AvgIpc) is 2.77. The quantitative estimate of drug-likeness (QED) is 0.880. The highest BCUT2D eigenvalue weighted by Gasteiger charge is 2.12. The molecule has 18 heavy (non-hydrogen) atoms. The first-order valence-corrected chi connectivity index (χ1v) is 5.86. The van der Waals surface area contributed by atoms with Gasteiger partial charge in [-0.25, -0.2) is 0 Å². The SMILES string of the molecule is CCOc1ccc(-c2cc(N)on2)c(OCC)c1. The average molecular weight is 248 g/mol. The fourth-order valence-electron chi connectivity index (χ4n) is 1.66. The predicted molar refractivity (Wildman–Crippen MR) is 68.7 cm³/mol. The van der Waals surface area contributed by atoms with Crippen molar-refractivity contribution in [3.8, 4) is 22.8 Å². The summed E-state index contributed by atoms with van der Waals surface area (Å²) < 4.78 is 15.9. The first-order valence-electron chi connectivity index (χ1n) is 5.86. The van der Waals surface area contributed by atoms with Gasteiger partial charge in [0.2, 0.25) is 5.88 Å². The smallest absolute Gasteiger partial charge is 0.222 e. The largest absolute Gasteiger partial charge is 0.494 e. The van der Waals surface area contributed by atoms with E-state index in [4.69, 9.17) is 19.7 Å². The highest BCUT2D eigenvalue weighted by molar-refractivity contribution is 5.69. The van der Waals surface area contributed by atoms with Gasteiger partial charge in [-0.15, -0.1) is 0 Å². The maximum absolute atomic E-state index is 5.59. The Labute approximate surface area is 105 Å². The van der Waals surface area contributed by atoms with E-state index in [9.17, 15) is 0 Å². The highest BCUT2D eigenvalue weighted by Crippen LogP contribution is 2.33. The van der Waals surface area contributed by atoms with Gasteiger partial charge in [0.05, 0.1) is 13.2 Å². The summed E-state index contributed by atoms with van der Waals surface area (Å²) in [6.45, 7) is 5.04. The van der Waals surface area contributed by atoms with E-state index in [2.05, 4.69) is 5.16 Å². The van der Waals surface area contributed by atoms with Crippen LogP contribution in [0.5, 0.6) is 11.5 Å². The molecule has 0 aliphatic carbocycles. The number of nitrogens with two attached hydrogens (primary N) is 1. The molecule has 0 aliphatic heterocycles. The van der Waals surface area contributed by atoms with Crippen LogP contribution in [0, 0.1) is 0 Å². The van der Waals surface area contributed by atoms with E-state index >= 15 is 0 Å². The number of hydrogen-bond acceptors (Lipinski definition) is 5. The number of benzene rings is 1. The molecule has 0 aliphatic rings. The molecule has 2 rings (SSSR count). The zero-order valence-corrected chi connectivity index (χ0v) is 10.5. The van der Waals surface area contributed by atoms with Crippen LogP contribution in [-0.4, -0.2) is 18.4 Å². The molecule has 0 saturated heterocycles. The second-order valence-corrected chi connectivity index (χ2v) is 3.64. The Morgan fingerprint density at radius 3 is 2.56 bits per heavy atom. The second-order valence-electron chi connectivity index (χ2n) is 3.64. The van der Waals surface area contributed by atoms with Crippen molar-refractivity contribution in [2.45, 2.75) is 13.8 Å². The van der Waals surface area contributed by atoms with Crippen LogP contribution in [0.1, 0.15) is 13.8 Å². The van der Waals surface area contributed by atoms with Crippen molar-refractivity contribution in [2.24, 2.45) is 0 Å². The van der Waals surface area contributed by atoms with Crippen LogP contribution >= 0.6 is 0 Å². The summed E-state index contributed by atoms with van der Waals surface area (Å²) in [6.07, 6.45) is 0. The number of nitrogens with zero attached hydrogens (tertiary/aromatic N) is 1. The first-order chi connectivity index (χ1) is 8.74. The van der Waals surface area contributed by atoms with Crippen molar-refractivity contribution in [1.82, 2.24) is 5.16 Å². The van der Waals surface area contributed by atoms with E-state index in [0.717, 1.165) is 11.3 Å². The minimum Gasteiger partial charge on any atom is -0.494 e. The van der Waals surface area contributed by atoms with E-state index in [-0.39, 0.29) is 5.88 Å². The van der Waals surface area contributed by atoms with Crippen molar-refractivity contribution < 1.29 is 14.0 Å². The molecule has 0 radical (unpaired) electrons. The maximum Gasteiger partial charge on any atom is 0.222 e. The molecule has 5 nitrogen and oxygen atoms in total. The lowest BCUT2D eigenvalue weighted by atomic mass is 10.1. The van der Waals surface area contributed by atoms with Gasteiger partial charge in [-0.2, -0.15) is 0 Å². The standard InChI is InChI=1S/C13H16N2O3/c1-3-16-9-5-6-10(12(7-9)17-4-2)11-8-13(14)18-15-11/h5-8H,3-4,14H2,1-2H3. The molecular weight excluding hydrogens is 232 g/mol. The molecule has 1 aromatic carbocycles. The zero-order valence-electron chi connectivity index (χ0n) is 10.5. The number of anilines is 1. The Morgan fingerprint density at radius 1 is 1.17 bits per heavy atom. The summed E-state index contributed by atoms with van der Waals surface area (Å²) in [5, 5.41) is 3.88. The Hall–Kier alpha value is -2.17. The van der Waals surface area contributed by atoms with Gasteiger partial charge in [-0.3, -0.25) is 0 Å². The van der Waals surface area contributed by atoms with E-state index in [1.165, 1.54) is 0 Å². The van der Waals surface area contributed by atoms with Gasteiger partial charge in [0.1, 0.15) is 17.2 Å². The van der Waals surface area contributed by atoms with Gasteiger partial charge >= 0.3 is 0 Å². The molecule has 0 saturated carbocycles. The number of hydrogen-bond donors (Lipinski definition) is 1. The first kappa shape index (κ1) is 12.3. The van der Waals surface area contributed by atoms with Gasteiger partial charge in [-0.1, -0.05) is 5.16 Å². The fourth-order valence-corrected chi connectivity index (χ4v) is 1.66. The second kappa shape index (κ2) is 5.44. The van der Waals surface area contributed by atoms with Crippen LogP contribution in [0.25, 0.3) is 11.3 Å². The fraction of sp³-hybridized carbons (Fsp3) is 0.308. The van der Waals surface area contributed by atoms with Crippen LogP contribution in [0.15, 0.2) is 28.8 Å². The topological polar surface area (TPSA) is 70.5 Å². The van der Waals surface area contributed by atoms with Crippen LogP contribution in [0.4, 0.5) is 5.88 Å². The molecule has 1 aromatic heterocycles. The Morgan fingerprint density at radius 2 is 1.94 bits per heavy atom. The molecule has 0 spiro atoms. The number of aromatic nitrogens is 1. The maximum atomic E-state index is 5.59. The van der Waals surface area contributed by atoms with Gasteiger partial charge in [0, 0.05) is 17.7 Å². The van der Waals surface area contributed by atoms with Crippen molar-refractivity contribution >= 4 is 5.88 Å². The van der Waals surface area contributed by atoms with Crippen LogP contribution < -0.4 is 15.2 Å². The van der Waals surface area contributed by atoms with Crippen LogP contribution in [-0.2, 0) is 0 Å². The lowest BCUT2D eigenvalue weighted by molar-refractivity contribution is 0.324. The number of nitrogen functional groups attached to an aromatic ring is 1. The summed E-state index contributed by atoms with van der Waals surface area (Å²) in [6, 6.07) is 7.25. The van der Waals surface area contributed by atoms with Crippen molar-refractivity contribution in [1.29, 1.82) is 0 Å². The minimum atomic E-state index is 0.279. The predicted octanol–water partition coefficient (Wildman–Crippen LogP) is 2.72. The molecule has 0 fully saturated rings. The molecule has 0 atom stereocenters. The molecule has 0 unspecified atom stereocenters. The van der Waals surface area contributed by atoms with Crippen molar-refractivity contribution in [2.75, 3.05) is 18.9 Å². The lowest BCUT2D eigenvalue weighted by Gasteiger charge is -2.10. The van der Waals surface area contributed by atoms with Gasteiger partial charge < -0.3 is 19.7 Å². The van der Waals surface area contributed by atoms with Gasteiger partial charge in [0.25, 0.3) is 0 Å².